The van der Waals surface area contributed by atoms with E-state index in [1.807, 2.05) is 61.5 Å². The molecule has 3 aliphatic carbocycles. The molecule has 8 rings (SSSR count). The lowest BCUT2D eigenvalue weighted by atomic mass is 9.47. The zero-order valence-corrected chi connectivity index (χ0v) is 22.4. The third-order valence-electron chi connectivity index (χ3n) is 8.56. The van der Waals surface area contributed by atoms with Crippen molar-refractivity contribution < 1.29 is 19.1 Å². The molecule has 7 heteroatoms. The fraction of sp³-hybridized carbons (Fsp3) is 0.176. The van der Waals surface area contributed by atoms with Gasteiger partial charge in [0.05, 0.1) is 29.5 Å². The molecule has 1 fully saturated rings. The Labute approximate surface area is 237 Å². The Balaban J connectivity index is 1.38. The molecule has 0 saturated carbocycles. The Kier molecular flexibility index (Phi) is 5.82. The third kappa shape index (κ3) is 3.58. The molecule has 1 N–H and O–H groups in total. The Morgan fingerprint density at radius 3 is 2.10 bits per heavy atom. The minimum atomic E-state index is -1.05. The second-order valence-electron chi connectivity index (χ2n) is 10.5. The fourth-order valence-electron chi connectivity index (χ4n) is 7.01. The molecular weight excluding hydrogens is 514 g/mol. The van der Waals surface area contributed by atoms with E-state index in [0.29, 0.717) is 23.6 Å². The van der Waals surface area contributed by atoms with Gasteiger partial charge in [0.2, 0.25) is 11.8 Å². The first-order valence-electron chi connectivity index (χ1n) is 13.8. The van der Waals surface area contributed by atoms with Crippen LogP contribution in [0.25, 0.3) is 0 Å². The summed E-state index contributed by atoms with van der Waals surface area (Å²) in [7, 11) is 0. The Morgan fingerprint density at radius 2 is 1.46 bits per heavy atom. The highest BCUT2D eigenvalue weighted by Gasteiger charge is 2.68. The second-order valence-corrected chi connectivity index (χ2v) is 10.5. The average Bonchev–Trinajstić information content (AvgIpc) is 3.29. The summed E-state index contributed by atoms with van der Waals surface area (Å²) in [4.78, 5) is 42.9. The van der Waals surface area contributed by atoms with Crippen LogP contribution in [-0.2, 0) is 15.0 Å². The molecule has 4 aliphatic rings. The summed E-state index contributed by atoms with van der Waals surface area (Å²) >= 11 is 0. The third-order valence-corrected chi connectivity index (χ3v) is 8.56. The number of rotatable bonds is 6. The van der Waals surface area contributed by atoms with Gasteiger partial charge in [0, 0.05) is 17.7 Å². The smallest absolute Gasteiger partial charge is 0.271 e. The van der Waals surface area contributed by atoms with Crippen molar-refractivity contribution in [3.8, 4) is 5.75 Å². The van der Waals surface area contributed by atoms with Crippen LogP contribution in [-0.4, -0.2) is 30.5 Å². The van der Waals surface area contributed by atoms with E-state index in [1.54, 1.807) is 54.7 Å². The second kappa shape index (κ2) is 9.55. The van der Waals surface area contributed by atoms with E-state index in [2.05, 4.69) is 10.5 Å². The minimum Gasteiger partial charge on any atom is -0.494 e. The lowest BCUT2D eigenvalue weighted by Gasteiger charge is -2.52. The Hall–Kier alpha value is -5.04. The number of ether oxygens (including phenoxy) is 1. The number of nitrogens with zero attached hydrogens (tertiary/aromatic N) is 2. The first-order valence-corrected chi connectivity index (χ1v) is 13.8. The number of hydrogen-bond donors (Lipinski definition) is 1. The lowest BCUT2D eigenvalue weighted by Crippen LogP contribution is -2.54. The maximum absolute atomic E-state index is 14.4. The van der Waals surface area contributed by atoms with E-state index in [9.17, 15) is 14.4 Å². The van der Waals surface area contributed by atoms with Crippen LogP contribution < -0.4 is 15.1 Å². The molecule has 7 nitrogen and oxygen atoms in total. The SMILES string of the molecule is CCOc1ccc(N2C(=O)[C@@H]3C4c5ccccc5C(/C=N\NC(=O)c5ccccc5)(c5ccccc54)[C@H]3C2=O)cc1. The summed E-state index contributed by atoms with van der Waals surface area (Å²) in [6.07, 6.45) is 1.67. The first kappa shape index (κ1) is 25.0. The number of hydrazone groups is 1. The number of imide groups is 1. The molecule has 1 aliphatic heterocycles. The quantitative estimate of drug-likeness (QED) is 0.210. The molecule has 0 spiro atoms. The molecule has 4 aromatic carbocycles. The predicted octanol–water partition coefficient (Wildman–Crippen LogP) is 5.05. The number of hydrogen-bond acceptors (Lipinski definition) is 5. The van der Waals surface area contributed by atoms with E-state index in [-0.39, 0.29) is 23.6 Å². The molecule has 0 aromatic heterocycles. The van der Waals surface area contributed by atoms with Crippen molar-refractivity contribution in [2.75, 3.05) is 11.5 Å². The maximum atomic E-state index is 14.4. The van der Waals surface area contributed by atoms with Crippen LogP contribution in [0.3, 0.4) is 0 Å². The van der Waals surface area contributed by atoms with Gasteiger partial charge in [0.15, 0.2) is 0 Å². The molecule has 202 valence electrons. The van der Waals surface area contributed by atoms with Crippen molar-refractivity contribution >= 4 is 29.6 Å². The highest BCUT2D eigenvalue weighted by atomic mass is 16.5. The number of anilines is 1. The van der Waals surface area contributed by atoms with E-state index < -0.39 is 17.3 Å². The predicted molar refractivity (Wildman–Crippen MR) is 155 cm³/mol. The van der Waals surface area contributed by atoms with Crippen LogP contribution >= 0.6 is 0 Å². The zero-order valence-electron chi connectivity index (χ0n) is 22.4. The summed E-state index contributed by atoms with van der Waals surface area (Å²) < 4.78 is 5.57. The van der Waals surface area contributed by atoms with Crippen molar-refractivity contribution in [3.05, 3.63) is 131 Å². The summed E-state index contributed by atoms with van der Waals surface area (Å²) in [5, 5.41) is 4.46. The highest BCUT2D eigenvalue weighted by Crippen LogP contribution is 2.63. The van der Waals surface area contributed by atoms with Crippen molar-refractivity contribution in [1.82, 2.24) is 5.43 Å². The van der Waals surface area contributed by atoms with E-state index in [0.717, 1.165) is 22.3 Å². The summed E-state index contributed by atoms with van der Waals surface area (Å²) in [6, 6.07) is 31.8. The normalized spacial score (nSPS) is 23.7. The van der Waals surface area contributed by atoms with Gasteiger partial charge >= 0.3 is 0 Å². The molecule has 1 saturated heterocycles. The number of carbonyl (C=O) groups is 3. The molecule has 41 heavy (non-hydrogen) atoms. The molecule has 3 amide bonds. The molecule has 4 aromatic rings. The molecule has 2 atom stereocenters. The van der Waals surface area contributed by atoms with Crippen molar-refractivity contribution in [2.45, 2.75) is 18.3 Å². The van der Waals surface area contributed by atoms with Gasteiger partial charge in [-0.05, 0) is 65.6 Å². The molecule has 0 radical (unpaired) electrons. The summed E-state index contributed by atoms with van der Waals surface area (Å²) in [5.41, 5.74) is 6.45. The first-order chi connectivity index (χ1) is 20.1. The van der Waals surface area contributed by atoms with Crippen molar-refractivity contribution in [2.24, 2.45) is 16.9 Å². The Bertz CT molecular complexity index is 1670. The zero-order chi connectivity index (χ0) is 28.1. The van der Waals surface area contributed by atoms with E-state index in [4.69, 9.17) is 4.74 Å². The van der Waals surface area contributed by atoms with Crippen LogP contribution in [0.4, 0.5) is 5.69 Å². The van der Waals surface area contributed by atoms with Crippen LogP contribution in [0.1, 0.15) is 45.5 Å². The van der Waals surface area contributed by atoms with Gasteiger partial charge in [-0.15, -0.1) is 0 Å². The van der Waals surface area contributed by atoms with Gasteiger partial charge < -0.3 is 4.74 Å². The van der Waals surface area contributed by atoms with Gasteiger partial charge in [-0.2, -0.15) is 5.10 Å². The van der Waals surface area contributed by atoms with Gasteiger partial charge in [0.1, 0.15) is 5.75 Å². The van der Waals surface area contributed by atoms with E-state index in [1.165, 1.54) is 4.90 Å². The molecule has 2 bridgehead atoms. The lowest BCUT2D eigenvalue weighted by molar-refractivity contribution is -0.122. The number of carbonyl (C=O) groups excluding carboxylic acids is 3. The molecule has 0 unspecified atom stereocenters. The van der Waals surface area contributed by atoms with Gasteiger partial charge in [-0.3, -0.25) is 14.4 Å². The summed E-state index contributed by atoms with van der Waals surface area (Å²) in [5.74, 6) is -1.81. The fourth-order valence-corrected chi connectivity index (χ4v) is 7.01. The van der Waals surface area contributed by atoms with Gasteiger partial charge in [-0.1, -0.05) is 66.7 Å². The van der Waals surface area contributed by atoms with Crippen molar-refractivity contribution in [3.63, 3.8) is 0 Å². The number of nitrogens with one attached hydrogen (secondary N) is 1. The average molecular weight is 542 g/mol. The van der Waals surface area contributed by atoms with Crippen LogP contribution in [0, 0.1) is 11.8 Å². The van der Waals surface area contributed by atoms with Gasteiger partial charge in [-0.25, -0.2) is 10.3 Å². The summed E-state index contributed by atoms with van der Waals surface area (Å²) in [6.45, 7) is 2.42. The topological polar surface area (TPSA) is 88.1 Å². The van der Waals surface area contributed by atoms with Gasteiger partial charge in [0.25, 0.3) is 5.91 Å². The van der Waals surface area contributed by atoms with Crippen LogP contribution in [0.2, 0.25) is 0 Å². The number of amides is 3. The van der Waals surface area contributed by atoms with Crippen molar-refractivity contribution in [1.29, 1.82) is 0 Å². The van der Waals surface area contributed by atoms with E-state index >= 15 is 0 Å². The standard InChI is InChI=1S/C34H27N3O4/c1-2-41-23-18-16-22(17-19-23)37-32(39)29-28-24-12-6-8-14-26(24)34(30(29)33(37)40,27-15-9-7-13-25(27)28)20-35-36-31(38)21-10-4-3-5-11-21/h3-20,28-30H,2H2,1H3,(H,36,38)/b35-20-/t28?,29-,30-,34?/m1/s1. The minimum absolute atomic E-state index is 0.232. The monoisotopic (exact) mass is 541 g/mol. The maximum Gasteiger partial charge on any atom is 0.271 e. The van der Waals surface area contributed by atoms with Crippen LogP contribution in [0.5, 0.6) is 5.75 Å². The largest absolute Gasteiger partial charge is 0.494 e. The molecule has 1 heterocycles. The molecular formula is C34H27N3O4. The Morgan fingerprint density at radius 1 is 0.854 bits per heavy atom. The number of benzene rings is 4. The highest BCUT2D eigenvalue weighted by molar-refractivity contribution is 6.25. The van der Waals surface area contributed by atoms with Crippen LogP contribution in [0.15, 0.2) is 108 Å².